The van der Waals surface area contributed by atoms with Gasteiger partial charge in [-0.1, -0.05) is 25.1 Å². The van der Waals surface area contributed by atoms with Gasteiger partial charge in [0.05, 0.1) is 23.1 Å². The lowest BCUT2D eigenvalue weighted by Gasteiger charge is -2.25. The summed E-state index contributed by atoms with van der Waals surface area (Å²) < 4.78 is 5.35. The number of carbonyl (C=O) groups excluding carboxylic acids is 3. The van der Waals surface area contributed by atoms with Crippen LogP contribution in [0.4, 0.5) is 5.69 Å². The Morgan fingerprint density at radius 2 is 1.59 bits per heavy atom. The van der Waals surface area contributed by atoms with Crippen LogP contribution in [0, 0.1) is 17.8 Å². The van der Waals surface area contributed by atoms with E-state index >= 15 is 0 Å². The SMILES string of the molecule is C[C@@H]1CC[C@H]2C(=O)N(c3ccc(OC(=O)c4ccccc4)cc3)C(=O)[C@H]2C1. The number of rotatable bonds is 3. The lowest BCUT2D eigenvalue weighted by Crippen LogP contribution is -2.30. The zero-order valence-electron chi connectivity index (χ0n) is 15.1. The highest BCUT2D eigenvalue weighted by molar-refractivity contribution is 6.22. The summed E-state index contributed by atoms with van der Waals surface area (Å²) in [6.45, 7) is 2.13. The first kappa shape index (κ1) is 17.5. The van der Waals surface area contributed by atoms with Crippen LogP contribution in [0.2, 0.25) is 0 Å². The van der Waals surface area contributed by atoms with Crippen LogP contribution in [0.3, 0.4) is 0 Å². The van der Waals surface area contributed by atoms with E-state index in [1.165, 1.54) is 4.90 Å². The van der Waals surface area contributed by atoms with Gasteiger partial charge < -0.3 is 4.74 Å². The van der Waals surface area contributed by atoms with Crippen LogP contribution in [-0.4, -0.2) is 17.8 Å². The Morgan fingerprint density at radius 3 is 2.30 bits per heavy atom. The van der Waals surface area contributed by atoms with E-state index in [0.717, 1.165) is 19.3 Å². The molecule has 2 aromatic carbocycles. The fourth-order valence-electron chi connectivity index (χ4n) is 4.05. The maximum absolute atomic E-state index is 12.8. The molecule has 1 saturated carbocycles. The van der Waals surface area contributed by atoms with Crippen molar-refractivity contribution in [3.8, 4) is 5.75 Å². The van der Waals surface area contributed by atoms with E-state index in [1.54, 1.807) is 48.5 Å². The van der Waals surface area contributed by atoms with Gasteiger partial charge in [-0.15, -0.1) is 0 Å². The van der Waals surface area contributed by atoms with E-state index in [-0.39, 0.29) is 23.7 Å². The van der Waals surface area contributed by atoms with Crippen molar-refractivity contribution < 1.29 is 19.1 Å². The van der Waals surface area contributed by atoms with Gasteiger partial charge in [-0.05, 0) is 61.6 Å². The molecule has 0 aromatic heterocycles. The van der Waals surface area contributed by atoms with Crippen LogP contribution in [0.5, 0.6) is 5.75 Å². The van der Waals surface area contributed by atoms with Gasteiger partial charge in [0, 0.05) is 0 Å². The van der Waals surface area contributed by atoms with Crippen LogP contribution in [0.1, 0.15) is 36.5 Å². The summed E-state index contributed by atoms with van der Waals surface area (Å²) in [5.74, 6) is -0.199. The smallest absolute Gasteiger partial charge is 0.343 e. The summed E-state index contributed by atoms with van der Waals surface area (Å²) in [5, 5.41) is 0. The average molecular weight is 363 g/mol. The third-order valence-corrected chi connectivity index (χ3v) is 5.50. The molecule has 5 nitrogen and oxygen atoms in total. The van der Waals surface area contributed by atoms with E-state index in [2.05, 4.69) is 6.92 Å². The van der Waals surface area contributed by atoms with Gasteiger partial charge in [0.1, 0.15) is 5.75 Å². The summed E-state index contributed by atoms with van der Waals surface area (Å²) in [6, 6.07) is 15.3. The highest BCUT2D eigenvalue weighted by Crippen LogP contribution is 2.42. The van der Waals surface area contributed by atoms with E-state index in [9.17, 15) is 14.4 Å². The largest absolute Gasteiger partial charge is 0.423 e. The number of ether oxygens (including phenoxy) is 1. The second-order valence-electron chi connectivity index (χ2n) is 7.39. The normalized spacial score (nSPS) is 24.6. The first-order valence-electron chi connectivity index (χ1n) is 9.29. The minimum Gasteiger partial charge on any atom is -0.423 e. The van der Waals surface area contributed by atoms with Gasteiger partial charge >= 0.3 is 5.97 Å². The average Bonchev–Trinajstić information content (AvgIpc) is 2.93. The third-order valence-electron chi connectivity index (χ3n) is 5.50. The molecule has 5 heteroatoms. The number of hydrogen-bond acceptors (Lipinski definition) is 4. The van der Waals surface area contributed by atoms with Crippen LogP contribution >= 0.6 is 0 Å². The van der Waals surface area contributed by atoms with Crippen molar-refractivity contribution in [3.63, 3.8) is 0 Å². The first-order valence-corrected chi connectivity index (χ1v) is 9.29. The molecule has 1 aliphatic heterocycles. The third kappa shape index (κ3) is 3.25. The number of imide groups is 1. The minimum atomic E-state index is -0.448. The van der Waals surface area contributed by atoms with Gasteiger partial charge in [-0.2, -0.15) is 0 Å². The molecule has 0 N–H and O–H groups in total. The Kier molecular flexibility index (Phi) is 4.52. The minimum absolute atomic E-state index is 0.106. The molecule has 2 aliphatic rings. The molecular formula is C22H21NO4. The molecule has 1 saturated heterocycles. The Bertz CT molecular complexity index is 875. The molecule has 27 heavy (non-hydrogen) atoms. The molecule has 0 bridgehead atoms. The molecule has 2 amide bonds. The Labute approximate surface area is 157 Å². The highest BCUT2D eigenvalue weighted by atomic mass is 16.5. The standard InChI is InChI=1S/C22H21NO4/c1-14-7-12-18-19(13-14)21(25)23(20(18)24)16-8-10-17(11-9-16)27-22(26)15-5-3-2-4-6-15/h2-6,8-11,14,18-19H,7,12-13H2,1H3/t14-,18-,19+/m1/s1. The summed E-state index contributed by atoms with van der Waals surface area (Å²) in [5.41, 5.74) is 0.997. The van der Waals surface area contributed by atoms with Gasteiger partial charge in [-0.25, -0.2) is 4.79 Å². The van der Waals surface area contributed by atoms with E-state index < -0.39 is 5.97 Å². The fourth-order valence-corrected chi connectivity index (χ4v) is 4.05. The van der Waals surface area contributed by atoms with E-state index in [4.69, 9.17) is 4.74 Å². The Morgan fingerprint density at radius 1 is 0.926 bits per heavy atom. The predicted molar refractivity (Wildman–Crippen MR) is 100 cm³/mol. The van der Waals surface area contributed by atoms with Crippen LogP contribution in [0.25, 0.3) is 0 Å². The molecule has 4 rings (SSSR count). The second kappa shape index (κ2) is 6.99. The Balaban J connectivity index is 1.50. The molecule has 2 fully saturated rings. The van der Waals surface area contributed by atoms with Crippen molar-refractivity contribution in [2.24, 2.45) is 17.8 Å². The van der Waals surface area contributed by atoms with Gasteiger partial charge in [0.15, 0.2) is 0 Å². The predicted octanol–water partition coefficient (Wildman–Crippen LogP) is 3.83. The van der Waals surface area contributed by atoms with Crippen molar-refractivity contribution in [1.29, 1.82) is 0 Å². The summed E-state index contributed by atoms with van der Waals surface area (Å²) >= 11 is 0. The molecule has 138 valence electrons. The quantitative estimate of drug-likeness (QED) is 0.472. The molecular weight excluding hydrogens is 342 g/mol. The molecule has 1 aliphatic carbocycles. The lowest BCUT2D eigenvalue weighted by molar-refractivity contribution is -0.122. The monoisotopic (exact) mass is 363 g/mol. The number of fused-ring (bicyclic) bond motifs is 1. The van der Waals surface area contributed by atoms with Crippen molar-refractivity contribution in [2.75, 3.05) is 4.90 Å². The zero-order valence-corrected chi connectivity index (χ0v) is 15.1. The fraction of sp³-hybridized carbons (Fsp3) is 0.318. The molecule has 2 aromatic rings. The summed E-state index contributed by atoms with van der Waals surface area (Å²) in [4.78, 5) is 38.9. The number of esters is 1. The maximum Gasteiger partial charge on any atom is 0.343 e. The van der Waals surface area contributed by atoms with Crippen LogP contribution in [-0.2, 0) is 9.59 Å². The van der Waals surface area contributed by atoms with Crippen LogP contribution in [0.15, 0.2) is 54.6 Å². The summed E-state index contributed by atoms with van der Waals surface area (Å²) in [6.07, 6.45) is 2.54. The highest BCUT2D eigenvalue weighted by Gasteiger charge is 2.49. The molecule has 0 spiro atoms. The van der Waals surface area contributed by atoms with Gasteiger partial charge in [-0.3, -0.25) is 14.5 Å². The molecule has 1 heterocycles. The molecule has 0 radical (unpaired) electrons. The Hall–Kier alpha value is -2.95. The van der Waals surface area contributed by atoms with Gasteiger partial charge in [0.2, 0.25) is 11.8 Å². The number of hydrogen-bond donors (Lipinski definition) is 0. The van der Waals surface area contributed by atoms with Crippen molar-refractivity contribution >= 4 is 23.5 Å². The van der Waals surface area contributed by atoms with Crippen LogP contribution < -0.4 is 9.64 Å². The molecule has 0 unspecified atom stereocenters. The number of nitrogens with zero attached hydrogens (tertiary/aromatic N) is 1. The second-order valence-corrected chi connectivity index (χ2v) is 7.39. The molecule has 3 atom stereocenters. The summed E-state index contributed by atoms with van der Waals surface area (Å²) in [7, 11) is 0. The van der Waals surface area contributed by atoms with Gasteiger partial charge in [0.25, 0.3) is 0 Å². The maximum atomic E-state index is 12.8. The number of carbonyl (C=O) groups is 3. The van der Waals surface area contributed by atoms with Crippen molar-refractivity contribution in [2.45, 2.75) is 26.2 Å². The van der Waals surface area contributed by atoms with E-state index in [1.807, 2.05) is 6.07 Å². The van der Waals surface area contributed by atoms with Crippen molar-refractivity contribution in [3.05, 3.63) is 60.2 Å². The zero-order chi connectivity index (χ0) is 19.0. The number of amides is 2. The van der Waals surface area contributed by atoms with Crippen molar-refractivity contribution in [1.82, 2.24) is 0 Å². The number of anilines is 1. The lowest BCUT2D eigenvalue weighted by atomic mass is 9.76. The topological polar surface area (TPSA) is 63.7 Å². The number of benzene rings is 2. The van der Waals surface area contributed by atoms with E-state index in [0.29, 0.717) is 22.9 Å². The first-order chi connectivity index (χ1) is 13.0.